The van der Waals surface area contributed by atoms with Crippen molar-refractivity contribution in [3.05, 3.63) is 12.4 Å². The summed E-state index contributed by atoms with van der Waals surface area (Å²) in [5.74, 6) is 1.76. The van der Waals surface area contributed by atoms with Gasteiger partial charge in [-0.3, -0.25) is 0 Å². The van der Waals surface area contributed by atoms with Crippen molar-refractivity contribution in [2.24, 2.45) is 0 Å². The number of rotatable bonds is 6. The molecule has 0 spiro atoms. The maximum absolute atomic E-state index is 4.24. The van der Waals surface area contributed by atoms with Crippen LogP contribution in [0.25, 0.3) is 0 Å². The molecule has 0 atom stereocenters. The first kappa shape index (κ1) is 12.7. The van der Waals surface area contributed by atoms with Gasteiger partial charge in [-0.05, 0) is 26.7 Å². The van der Waals surface area contributed by atoms with Crippen molar-refractivity contribution in [1.82, 2.24) is 9.97 Å². The Morgan fingerprint density at radius 2 is 1.75 bits per heavy atom. The predicted molar refractivity (Wildman–Crippen MR) is 68.8 cm³/mol. The second-order valence-electron chi connectivity index (χ2n) is 4.21. The van der Waals surface area contributed by atoms with Crippen LogP contribution in [0.4, 0.5) is 11.6 Å². The Morgan fingerprint density at radius 3 is 2.31 bits per heavy atom. The van der Waals surface area contributed by atoms with Gasteiger partial charge >= 0.3 is 0 Å². The van der Waals surface area contributed by atoms with Gasteiger partial charge < -0.3 is 10.6 Å². The molecule has 4 nitrogen and oxygen atoms in total. The molecule has 90 valence electrons. The van der Waals surface area contributed by atoms with Crippen molar-refractivity contribution in [3.63, 3.8) is 0 Å². The fourth-order valence-electron chi connectivity index (χ4n) is 1.44. The monoisotopic (exact) mass is 222 g/mol. The number of nitrogens with zero attached hydrogens (tertiary/aromatic N) is 2. The summed E-state index contributed by atoms with van der Waals surface area (Å²) in [6.45, 7) is 9.50. The van der Waals surface area contributed by atoms with E-state index in [9.17, 15) is 0 Å². The van der Waals surface area contributed by atoms with Crippen molar-refractivity contribution in [3.8, 4) is 0 Å². The number of nitrogens with one attached hydrogen (secondary N) is 2. The molecule has 1 rings (SSSR count). The van der Waals surface area contributed by atoms with Gasteiger partial charge in [0, 0.05) is 18.2 Å². The average molecular weight is 222 g/mol. The number of aromatic nitrogens is 2. The smallest absolute Gasteiger partial charge is 0.131 e. The summed E-state index contributed by atoms with van der Waals surface area (Å²) in [7, 11) is 0. The normalized spacial score (nSPS) is 11.2. The Labute approximate surface area is 97.9 Å². The second-order valence-corrected chi connectivity index (χ2v) is 4.21. The van der Waals surface area contributed by atoms with E-state index in [0.29, 0.717) is 0 Å². The van der Waals surface area contributed by atoms with E-state index < -0.39 is 0 Å². The van der Waals surface area contributed by atoms with Crippen LogP contribution >= 0.6 is 0 Å². The largest absolute Gasteiger partial charge is 0.370 e. The van der Waals surface area contributed by atoms with Crippen LogP contribution in [-0.2, 0) is 0 Å². The summed E-state index contributed by atoms with van der Waals surface area (Å²) in [4.78, 5) is 8.39. The van der Waals surface area contributed by atoms with Gasteiger partial charge in [-0.1, -0.05) is 13.8 Å². The van der Waals surface area contributed by atoms with E-state index in [1.807, 2.05) is 6.07 Å². The molecule has 0 bridgehead atoms. The van der Waals surface area contributed by atoms with Crippen LogP contribution in [0.1, 0.15) is 40.5 Å². The molecule has 4 heteroatoms. The lowest BCUT2D eigenvalue weighted by Crippen LogP contribution is -2.33. The van der Waals surface area contributed by atoms with Crippen LogP contribution < -0.4 is 10.6 Å². The third-order valence-corrected chi connectivity index (χ3v) is 3.02. The summed E-state index contributed by atoms with van der Waals surface area (Å²) >= 11 is 0. The highest BCUT2D eigenvalue weighted by molar-refractivity contribution is 5.47. The molecule has 0 saturated heterocycles. The Morgan fingerprint density at radius 1 is 1.12 bits per heavy atom. The molecule has 0 unspecified atom stereocenters. The third-order valence-electron chi connectivity index (χ3n) is 3.02. The van der Waals surface area contributed by atoms with E-state index in [1.54, 1.807) is 6.33 Å². The molecular formula is C12H22N4. The van der Waals surface area contributed by atoms with Crippen molar-refractivity contribution < 1.29 is 0 Å². The highest BCUT2D eigenvalue weighted by atomic mass is 15.1. The predicted octanol–water partition coefficient (Wildman–Crippen LogP) is 2.90. The molecule has 1 aromatic rings. The third kappa shape index (κ3) is 3.36. The molecule has 0 aromatic carbocycles. The van der Waals surface area contributed by atoms with Crippen LogP contribution in [0.2, 0.25) is 0 Å². The van der Waals surface area contributed by atoms with Crippen molar-refractivity contribution in [1.29, 1.82) is 0 Å². The van der Waals surface area contributed by atoms with Gasteiger partial charge in [0.05, 0.1) is 0 Å². The topological polar surface area (TPSA) is 49.8 Å². The Bertz CT molecular complexity index is 321. The second kappa shape index (κ2) is 5.68. The molecule has 0 aliphatic carbocycles. The standard InChI is InChI=1S/C12H22N4/c1-5-12(4,6-2)16-11-8-10(13-7-3)14-9-15-11/h8-9H,5-7H2,1-4H3,(H2,13,14,15,16). The van der Waals surface area contributed by atoms with Gasteiger partial charge in [-0.25, -0.2) is 9.97 Å². The lowest BCUT2D eigenvalue weighted by Gasteiger charge is -2.28. The molecule has 0 amide bonds. The van der Waals surface area contributed by atoms with E-state index in [1.165, 1.54) is 0 Å². The van der Waals surface area contributed by atoms with Gasteiger partial charge in [0.2, 0.25) is 0 Å². The number of hydrogen-bond donors (Lipinski definition) is 2. The molecule has 0 saturated carbocycles. The summed E-state index contributed by atoms with van der Waals surface area (Å²) < 4.78 is 0. The van der Waals surface area contributed by atoms with Gasteiger partial charge in [-0.2, -0.15) is 0 Å². The SMILES string of the molecule is CCNc1cc(NC(C)(CC)CC)ncn1. The summed E-state index contributed by atoms with van der Waals surface area (Å²) in [6.07, 6.45) is 3.74. The lowest BCUT2D eigenvalue weighted by molar-refractivity contribution is 0.476. The zero-order chi connectivity index (χ0) is 12.0. The quantitative estimate of drug-likeness (QED) is 0.777. The van der Waals surface area contributed by atoms with Crippen molar-refractivity contribution >= 4 is 11.6 Å². The van der Waals surface area contributed by atoms with Crippen molar-refractivity contribution in [2.75, 3.05) is 17.2 Å². The Kier molecular flexibility index (Phi) is 4.52. The first-order chi connectivity index (χ1) is 7.63. The van der Waals surface area contributed by atoms with Crippen molar-refractivity contribution in [2.45, 2.75) is 46.1 Å². The van der Waals surface area contributed by atoms with Crippen LogP contribution in [0, 0.1) is 0 Å². The van der Waals surface area contributed by atoms with E-state index in [4.69, 9.17) is 0 Å². The van der Waals surface area contributed by atoms with Gasteiger partial charge in [0.1, 0.15) is 18.0 Å². The van der Waals surface area contributed by atoms with Gasteiger partial charge in [0.15, 0.2) is 0 Å². The maximum Gasteiger partial charge on any atom is 0.131 e. The van der Waals surface area contributed by atoms with Gasteiger partial charge in [0.25, 0.3) is 0 Å². The maximum atomic E-state index is 4.24. The zero-order valence-corrected chi connectivity index (χ0v) is 10.7. The molecule has 0 radical (unpaired) electrons. The first-order valence-corrected chi connectivity index (χ1v) is 5.97. The molecule has 1 aromatic heterocycles. The first-order valence-electron chi connectivity index (χ1n) is 5.97. The summed E-state index contributed by atoms with van der Waals surface area (Å²) in [6, 6.07) is 1.95. The minimum absolute atomic E-state index is 0.109. The minimum Gasteiger partial charge on any atom is -0.370 e. The molecule has 2 N–H and O–H groups in total. The number of hydrogen-bond acceptors (Lipinski definition) is 4. The van der Waals surface area contributed by atoms with Crippen LogP contribution in [-0.4, -0.2) is 22.1 Å². The number of anilines is 2. The Balaban J connectivity index is 2.76. The Hall–Kier alpha value is -1.32. The zero-order valence-electron chi connectivity index (χ0n) is 10.7. The molecule has 0 aliphatic heterocycles. The molecule has 1 heterocycles. The van der Waals surface area contributed by atoms with Gasteiger partial charge in [-0.15, -0.1) is 0 Å². The lowest BCUT2D eigenvalue weighted by atomic mass is 9.96. The highest BCUT2D eigenvalue weighted by Gasteiger charge is 2.19. The van der Waals surface area contributed by atoms with E-state index in [0.717, 1.165) is 31.0 Å². The molecular weight excluding hydrogens is 200 g/mol. The highest BCUT2D eigenvalue weighted by Crippen LogP contribution is 2.20. The minimum atomic E-state index is 0.109. The summed E-state index contributed by atoms with van der Waals surface area (Å²) in [5, 5.41) is 6.64. The molecule has 0 fully saturated rings. The fraction of sp³-hybridized carbons (Fsp3) is 0.667. The van der Waals surface area contributed by atoms with E-state index in [-0.39, 0.29) is 5.54 Å². The van der Waals surface area contributed by atoms with Crippen LogP contribution in [0.15, 0.2) is 12.4 Å². The van der Waals surface area contributed by atoms with Crippen LogP contribution in [0.5, 0.6) is 0 Å². The molecule has 0 aliphatic rings. The van der Waals surface area contributed by atoms with Crippen LogP contribution in [0.3, 0.4) is 0 Å². The molecule has 16 heavy (non-hydrogen) atoms. The fourth-order valence-corrected chi connectivity index (χ4v) is 1.44. The average Bonchev–Trinajstić information content (AvgIpc) is 2.30. The van der Waals surface area contributed by atoms with E-state index in [2.05, 4.69) is 48.3 Å². The summed E-state index contributed by atoms with van der Waals surface area (Å²) in [5.41, 5.74) is 0.109. The van der Waals surface area contributed by atoms with E-state index >= 15 is 0 Å².